The van der Waals surface area contributed by atoms with Crippen LogP contribution >= 0.6 is 11.6 Å². The normalized spacial score (nSPS) is 12.2. The molecule has 0 heterocycles. The highest BCUT2D eigenvalue weighted by atomic mass is 35.5. The molecule has 0 aliphatic carbocycles. The first-order valence-electron chi connectivity index (χ1n) is 10.1. The molecular formula is C22H27ClFN3O4S. The van der Waals surface area contributed by atoms with Crippen LogP contribution in [0.3, 0.4) is 0 Å². The summed E-state index contributed by atoms with van der Waals surface area (Å²) in [5.41, 5.74) is 0.835. The summed E-state index contributed by atoms with van der Waals surface area (Å²) in [6, 6.07) is 10.8. The third kappa shape index (κ3) is 7.20. The number of benzene rings is 2. The zero-order valence-electron chi connectivity index (χ0n) is 18.2. The zero-order valence-corrected chi connectivity index (χ0v) is 19.8. The highest BCUT2D eigenvalue weighted by molar-refractivity contribution is 7.92. The van der Waals surface area contributed by atoms with Crippen LogP contribution < -0.4 is 9.62 Å². The highest BCUT2D eigenvalue weighted by Gasteiger charge is 2.30. The van der Waals surface area contributed by atoms with Crippen molar-refractivity contribution in [3.8, 4) is 0 Å². The lowest BCUT2D eigenvalue weighted by Gasteiger charge is -2.31. The van der Waals surface area contributed by atoms with Gasteiger partial charge >= 0.3 is 0 Å². The third-order valence-electron chi connectivity index (χ3n) is 4.76. The topological polar surface area (TPSA) is 86.8 Å². The van der Waals surface area contributed by atoms with Crippen molar-refractivity contribution >= 4 is 39.1 Å². The van der Waals surface area contributed by atoms with Gasteiger partial charge < -0.3 is 10.2 Å². The van der Waals surface area contributed by atoms with Crippen molar-refractivity contribution in [2.45, 2.75) is 32.9 Å². The van der Waals surface area contributed by atoms with E-state index in [4.69, 9.17) is 11.6 Å². The van der Waals surface area contributed by atoms with Gasteiger partial charge in [0.05, 0.1) is 11.9 Å². The average molecular weight is 484 g/mol. The van der Waals surface area contributed by atoms with Gasteiger partial charge in [-0.2, -0.15) is 0 Å². The number of nitrogens with zero attached hydrogens (tertiary/aromatic N) is 2. The van der Waals surface area contributed by atoms with Gasteiger partial charge in [0.2, 0.25) is 21.8 Å². The summed E-state index contributed by atoms with van der Waals surface area (Å²) in [5.74, 6) is -1.38. The van der Waals surface area contributed by atoms with Gasteiger partial charge in [-0.1, -0.05) is 36.7 Å². The molecule has 7 nitrogen and oxygen atoms in total. The molecule has 1 atom stereocenters. The summed E-state index contributed by atoms with van der Waals surface area (Å²) in [4.78, 5) is 27.1. The number of halogens is 2. The molecule has 2 amide bonds. The van der Waals surface area contributed by atoms with E-state index in [0.29, 0.717) is 17.1 Å². The number of sulfonamides is 1. The quantitative estimate of drug-likeness (QED) is 0.562. The second-order valence-corrected chi connectivity index (χ2v) is 9.71. The van der Waals surface area contributed by atoms with Crippen LogP contribution in [0.1, 0.15) is 25.8 Å². The minimum Gasteiger partial charge on any atom is -0.354 e. The summed E-state index contributed by atoms with van der Waals surface area (Å²) >= 11 is 6.00. The number of carbonyl (C=O) groups excluding carboxylic acids is 2. The largest absolute Gasteiger partial charge is 0.354 e. The monoisotopic (exact) mass is 483 g/mol. The first kappa shape index (κ1) is 25.6. The molecule has 174 valence electrons. The van der Waals surface area contributed by atoms with E-state index in [0.717, 1.165) is 17.0 Å². The molecule has 1 N–H and O–H groups in total. The fraction of sp³-hybridized carbons (Fsp3) is 0.364. The number of nitrogens with one attached hydrogen (secondary N) is 1. The number of amides is 2. The van der Waals surface area contributed by atoms with Crippen molar-refractivity contribution in [2.75, 3.05) is 23.7 Å². The average Bonchev–Trinajstić information content (AvgIpc) is 2.73. The number of anilines is 1. The number of rotatable bonds is 10. The minimum absolute atomic E-state index is 0.00692. The highest BCUT2D eigenvalue weighted by Crippen LogP contribution is 2.22. The molecule has 0 aliphatic rings. The number of carbonyl (C=O) groups is 2. The van der Waals surface area contributed by atoms with Gasteiger partial charge in [-0.25, -0.2) is 12.8 Å². The lowest BCUT2D eigenvalue weighted by atomic mass is 10.1. The molecule has 0 spiro atoms. The van der Waals surface area contributed by atoms with Crippen molar-refractivity contribution in [2.24, 2.45) is 0 Å². The second-order valence-electron chi connectivity index (χ2n) is 7.36. The molecule has 0 saturated carbocycles. The SMILES string of the molecule is CCCNC(=O)[C@@H](C)N(Cc1ccc(F)cc1)C(=O)CN(c1cccc(Cl)c1)S(C)(=O)=O. The van der Waals surface area contributed by atoms with Gasteiger partial charge in [-0.05, 0) is 49.2 Å². The van der Waals surface area contributed by atoms with E-state index < -0.39 is 34.3 Å². The molecule has 10 heteroatoms. The van der Waals surface area contributed by atoms with Crippen molar-refractivity contribution in [1.29, 1.82) is 0 Å². The van der Waals surface area contributed by atoms with Gasteiger partial charge in [0.1, 0.15) is 18.4 Å². The van der Waals surface area contributed by atoms with Crippen molar-refractivity contribution < 1.29 is 22.4 Å². The fourth-order valence-electron chi connectivity index (χ4n) is 3.01. The Labute approximate surface area is 193 Å². The van der Waals surface area contributed by atoms with Crippen LogP contribution in [-0.4, -0.2) is 50.5 Å². The minimum atomic E-state index is -3.82. The Kier molecular flexibility index (Phi) is 9.03. The molecule has 0 unspecified atom stereocenters. The van der Waals surface area contributed by atoms with Crippen LogP contribution in [0, 0.1) is 5.82 Å². The molecule has 0 fully saturated rings. The predicted octanol–water partition coefficient (Wildman–Crippen LogP) is 3.19. The summed E-state index contributed by atoms with van der Waals surface area (Å²) in [5, 5.41) is 3.06. The standard InChI is InChI=1S/C22H27ClFN3O4S/c1-4-12-25-22(29)16(2)26(14-17-8-10-19(24)11-9-17)21(28)15-27(32(3,30)31)20-7-5-6-18(23)13-20/h5-11,13,16H,4,12,14-15H2,1-3H3,(H,25,29)/t16-/m1/s1. The fourth-order valence-corrected chi connectivity index (χ4v) is 4.04. The lowest BCUT2D eigenvalue weighted by molar-refractivity contribution is -0.139. The molecule has 0 bridgehead atoms. The molecule has 2 rings (SSSR count). The van der Waals surface area contributed by atoms with E-state index >= 15 is 0 Å². The molecule has 0 saturated heterocycles. The van der Waals surface area contributed by atoms with Gasteiger partial charge in [0, 0.05) is 18.1 Å². The lowest BCUT2D eigenvalue weighted by Crippen LogP contribution is -2.51. The Balaban J connectivity index is 2.35. The van der Waals surface area contributed by atoms with E-state index in [2.05, 4.69) is 5.32 Å². The molecule has 0 radical (unpaired) electrons. The van der Waals surface area contributed by atoms with E-state index in [1.807, 2.05) is 6.92 Å². The zero-order chi connectivity index (χ0) is 23.9. The molecular weight excluding hydrogens is 457 g/mol. The second kappa shape index (κ2) is 11.3. The van der Waals surface area contributed by atoms with Gasteiger partial charge in [-0.3, -0.25) is 13.9 Å². The Hall–Kier alpha value is -2.65. The predicted molar refractivity (Wildman–Crippen MR) is 123 cm³/mol. The van der Waals surface area contributed by atoms with Gasteiger partial charge in [-0.15, -0.1) is 0 Å². The van der Waals surface area contributed by atoms with Gasteiger partial charge in [0.15, 0.2) is 0 Å². The van der Waals surface area contributed by atoms with Crippen molar-refractivity contribution in [1.82, 2.24) is 10.2 Å². The molecule has 2 aromatic carbocycles. The maximum absolute atomic E-state index is 13.3. The summed E-state index contributed by atoms with van der Waals surface area (Å²) in [7, 11) is -3.82. The van der Waals surface area contributed by atoms with Crippen LogP contribution in [0.2, 0.25) is 5.02 Å². The maximum Gasteiger partial charge on any atom is 0.244 e. The molecule has 0 aromatic heterocycles. The van der Waals surface area contributed by atoms with Crippen LogP contribution in [0.5, 0.6) is 0 Å². The Morgan fingerprint density at radius 3 is 2.38 bits per heavy atom. The molecule has 32 heavy (non-hydrogen) atoms. The van der Waals surface area contributed by atoms with E-state index in [1.165, 1.54) is 41.3 Å². The maximum atomic E-state index is 13.3. The summed E-state index contributed by atoms with van der Waals surface area (Å²) in [6.07, 6.45) is 1.71. The van der Waals surface area contributed by atoms with Crippen LogP contribution in [0.25, 0.3) is 0 Å². The Bertz CT molecular complexity index is 1050. The Morgan fingerprint density at radius 1 is 1.16 bits per heavy atom. The smallest absolute Gasteiger partial charge is 0.244 e. The summed E-state index contributed by atoms with van der Waals surface area (Å²) < 4.78 is 39.1. The van der Waals surface area contributed by atoms with E-state index in [1.54, 1.807) is 19.1 Å². The van der Waals surface area contributed by atoms with E-state index in [9.17, 15) is 22.4 Å². The molecule has 0 aliphatic heterocycles. The third-order valence-corrected chi connectivity index (χ3v) is 6.13. The first-order chi connectivity index (χ1) is 15.0. The number of hydrogen-bond acceptors (Lipinski definition) is 4. The molecule has 2 aromatic rings. The summed E-state index contributed by atoms with van der Waals surface area (Å²) in [6.45, 7) is 3.40. The van der Waals surface area contributed by atoms with Crippen molar-refractivity contribution in [3.63, 3.8) is 0 Å². The Morgan fingerprint density at radius 2 is 1.81 bits per heavy atom. The van der Waals surface area contributed by atoms with Crippen LogP contribution in [0.4, 0.5) is 10.1 Å². The van der Waals surface area contributed by atoms with Crippen LogP contribution in [0.15, 0.2) is 48.5 Å². The van der Waals surface area contributed by atoms with Crippen LogP contribution in [-0.2, 0) is 26.2 Å². The number of hydrogen-bond donors (Lipinski definition) is 1. The van der Waals surface area contributed by atoms with Gasteiger partial charge in [0.25, 0.3) is 0 Å². The first-order valence-corrected chi connectivity index (χ1v) is 12.3. The van der Waals surface area contributed by atoms with Crippen molar-refractivity contribution in [3.05, 3.63) is 64.9 Å². The van der Waals surface area contributed by atoms with E-state index in [-0.39, 0.29) is 18.1 Å².